The molecule has 2 aromatic rings. The Kier molecular flexibility index (Phi) is 3.37. The highest BCUT2D eigenvalue weighted by Crippen LogP contribution is 2.36. The topological polar surface area (TPSA) is 24.9 Å². The van der Waals surface area contributed by atoms with E-state index in [0.29, 0.717) is 6.07 Å². The number of halogens is 5. The van der Waals surface area contributed by atoms with Gasteiger partial charge >= 0.3 is 6.18 Å². The second-order valence-corrected chi connectivity index (χ2v) is 3.70. The Hall–Kier alpha value is -2.18. The average Bonchev–Trinajstić information content (AvgIpc) is 2.30. The van der Waals surface area contributed by atoms with Crippen molar-refractivity contribution < 1.29 is 22.0 Å². The molecule has 0 aliphatic carbocycles. The zero-order valence-corrected chi connectivity index (χ0v) is 9.30. The summed E-state index contributed by atoms with van der Waals surface area (Å²) in [5.74, 6) is -1.70. The number of rotatable bonds is 2. The molecule has 7 heteroatoms. The molecule has 1 aromatic heterocycles. The first kappa shape index (κ1) is 13.3. The third kappa shape index (κ3) is 3.18. The zero-order chi connectivity index (χ0) is 14.0. The number of anilines is 2. The van der Waals surface area contributed by atoms with Crippen molar-refractivity contribution >= 4 is 11.4 Å². The van der Waals surface area contributed by atoms with E-state index in [-0.39, 0.29) is 11.4 Å². The molecule has 1 N–H and O–H groups in total. The molecule has 0 bridgehead atoms. The van der Waals surface area contributed by atoms with Crippen LogP contribution in [0.25, 0.3) is 0 Å². The van der Waals surface area contributed by atoms with E-state index >= 15 is 0 Å². The Balaban J connectivity index is 2.40. The maximum Gasteiger partial charge on any atom is 0.418 e. The van der Waals surface area contributed by atoms with Crippen molar-refractivity contribution in [1.29, 1.82) is 0 Å². The van der Waals surface area contributed by atoms with Gasteiger partial charge in [-0.05, 0) is 18.2 Å². The Morgan fingerprint density at radius 3 is 2.32 bits per heavy atom. The largest absolute Gasteiger partial charge is 0.418 e. The molecule has 0 saturated heterocycles. The van der Waals surface area contributed by atoms with Gasteiger partial charge in [-0.15, -0.1) is 0 Å². The molecule has 1 heterocycles. The SMILES string of the molecule is Fc1cncc(Nc2ccc(F)cc2C(F)(F)F)c1. The maximum absolute atomic E-state index is 12.9. The molecular weight excluding hydrogens is 267 g/mol. The molecule has 0 aliphatic rings. The van der Waals surface area contributed by atoms with E-state index in [1.54, 1.807) is 0 Å². The highest BCUT2D eigenvalue weighted by molar-refractivity contribution is 5.63. The second-order valence-electron chi connectivity index (χ2n) is 3.70. The van der Waals surface area contributed by atoms with Crippen LogP contribution in [0, 0.1) is 11.6 Å². The Labute approximate surface area is 104 Å². The number of aromatic nitrogens is 1. The standard InChI is InChI=1S/C12H7F5N2/c13-7-1-2-11(10(4-7)12(15,16)17)19-9-3-8(14)5-18-6-9/h1-6,19H. The molecule has 2 nitrogen and oxygen atoms in total. The minimum atomic E-state index is -4.72. The van der Waals surface area contributed by atoms with Gasteiger partial charge in [0.2, 0.25) is 0 Å². The van der Waals surface area contributed by atoms with Crippen LogP contribution in [0.2, 0.25) is 0 Å². The van der Waals surface area contributed by atoms with Gasteiger partial charge in [0.15, 0.2) is 0 Å². The number of nitrogens with one attached hydrogen (secondary N) is 1. The molecule has 2 rings (SSSR count). The van der Waals surface area contributed by atoms with Crippen LogP contribution < -0.4 is 5.32 Å². The van der Waals surface area contributed by atoms with Crippen LogP contribution in [-0.2, 0) is 6.18 Å². The second kappa shape index (κ2) is 4.83. The summed E-state index contributed by atoms with van der Waals surface area (Å²) < 4.78 is 63.9. The molecule has 0 fully saturated rings. The molecule has 0 atom stereocenters. The molecule has 0 saturated carbocycles. The van der Waals surface area contributed by atoms with Crippen molar-refractivity contribution in [2.75, 3.05) is 5.32 Å². The predicted molar refractivity (Wildman–Crippen MR) is 58.9 cm³/mol. The zero-order valence-electron chi connectivity index (χ0n) is 9.30. The first-order valence-electron chi connectivity index (χ1n) is 5.10. The van der Waals surface area contributed by atoms with Crippen molar-refractivity contribution in [1.82, 2.24) is 4.98 Å². The van der Waals surface area contributed by atoms with Gasteiger partial charge in [0.25, 0.3) is 0 Å². The molecule has 100 valence electrons. The van der Waals surface area contributed by atoms with Crippen LogP contribution in [0.4, 0.5) is 33.3 Å². The molecule has 0 unspecified atom stereocenters. The molecule has 0 spiro atoms. The van der Waals surface area contributed by atoms with Gasteiger partial charge < -0.3 is 5.32 Å². The minimum absolute atomic E-state index is 0.0390. The molecule has 0 amide bonds. The summed E-state index contributed by atoms with van der Waals surface area (Å²) in [4.78, 5) is 3.50. The van der Waals surface area contributed by atoms with Gasteiger partial charge in [0.05, 0.1) is 29.3 Å². The van der Waals surface area contributed by atoms with E-state index in [1.165, 1.54) is 0 Å². The summed E-state index contributed by atoms with van der Waals surface area (Å²) in [7, 11) is 0. The Morgan fingerprint density at radius 1 is 0.947 bits per heavy atom. The highest BCUT2D eigenvalue weighted by atomic mass is 19.4. The van der Waals surface area contributed by atoms with Crippen LogP contribution in [0.3, 0.4) is 0 Å². The van der Waals surface area contributed by atoms with E-state index < -0.39 is 23.4 Å². The summed E-state index contributed by atoms with van der Waals surface area (Å²) in [6, 6.07) is 3.17. The molecule has 1 aromatic carbocycles. The van der Waals surface area contributed by atoms with Crippen LogP contribution >= 0.6 is 0 Å². The first-order chi connectivity index (χ1) is 8.86. The minimum Gasteiger partial charge on any atom is -0.354 e. The Bertz CT molecular complexity index is 595. The molecule has 19 heavy (non-hydrogen) atoms. The smallest absolute Gasteiger partial charge is 0.354 e. The number of hydrogen-bond acceptors (Lipinski definition) is 2. The maximum atomic E-state index is 12.9. The number of pyridine rings is 1. The normalized spacial score (nSPS) is 11.4. The first-order valence-corrected chi connectivity index (χ1v) is 5.10. The van der Waals surface area contributed by atoms with Crippen LogP contribution in [0.1, 0.15) is 5.56 Å². The fourth-order valence-electron chi connectivity index (χ4n) is 1.50. The van der Waals surface area contributed by atoms with Crippen molar-refractivity contribution in [3.8, 4) is 0 Å². The number of alkyl halides is 3. The quantitative estimate of drug-likeness (QED) is 0.833. The third-order valence-electron chi connectivity index (χ3n) is 2.27. The van der Waals surface area contributed by atoms with Crippen LogP contribution in [0.5, 0.6) is 0 Å². The molecule has 0 radical (unpaired) electrons. The van der Waals surface area contributed by atoms with Crippen molar-refractivity contribution in [2.24, 2.45) is 0 Å². The monoisotopic (exact) mass is 274 g/mol. The van der Waals surface area contributed by atoms with Crippen molar-refractivity contribution in [2.45, 2.75) is 6.18 Å². The highest BCUT2D eigenvalue weighted by Gasteiger charge is 2.34. The summed E-state index contributed by atoms with van der Waals surface area (Å²) in [5, 5.41) is 2.36. The van der Waals surface area contributed by atoms with E-state index in [0.717, 1.165) is 30.6 Å². The lowest BCUT2D eigenvalue weighted by molar-refractivity contribution is -0.137. The van der Waals surface area contributed by atoms with E-state index in [1.807, 2.05) is 0 Å². The Morgan fingerprint density at radius 2 is 1.68 bits per heavy atom. The number of benzene rings is 1. The molecular formula is C12H7F5N2. The fourth-order valence-corrected chi connectivity index (χ4v) is 1.50. The lowest BCUT2D eigenvalue weighted by Crippen LogP contribution is -2.09. The van der Waals surface area contributed by atoms with Crippen molar-refractivity contribution in [3.05, 3.63) is 53.9 Å². The summed E-state index contributed by atoms with van der Waals surface area (Å²) in [6.07, 6.45) is -2.64. The van der Waals surface area contributed by atoms with Gasteiger partial charge in [-0.1, -0.05) is 0 Å². The van der Waals surface area contributed by atoms with Crippen LogP contribution in [0.15, 0.2) is 36.7 Å². The van der Waals surface area contributed by atoms with Crippen LogP contribution in [-0.4, -0.2) is 4.98 Å². The average molecular weight is 274 g/mol. The van der Waals surface area contributed by atoms with E-state index in [9.17, 15) is 22.0 Å². The fraction of sp³-hybridized carbons (Fsp3) is 0.0833. The predicted octanol–water partition coefficient (Wildman–Crippen LogP) is 4.12. The van der Waals surface area contributed by atoms with Crippen molar-refractivity contribution in [3.63, 3.8) is 0 Å². The number of nitrogens with zero attached hydrogens (tertiary/aromatic N) is 1. The van der Waals surface area contributed by atoms with Gasteiger partial charge in [0, 0.05) is 6.07 Å². The lowest BCUT2D eigenvalue weighted by Gasteiger charge is -2.14. The number of hydrogen-bond donors (Lipinski definition) is 1. The van der Waals surface area contributed by atoms with Gasteiger partial charge in [-0.25, -0.2) is 8.78 Å². The lowest BCUT2D eigenvalue weighted by atomic mass is 10.1. The van der Waals surface area contributed by atoms with E-state index in [2.05, 4.69) is 10.3 Å². The van der Waals surface area contributed by atoms with E-state index in [4.69, 9.17) is 0 Å². The van der Waals surface area contributed by atoms with Gasteiger partial charge in [-0.2, -0.15) is 13.2 Å². The van der Waals surface area contributed by atoms with Gasteiger partial charge in [0.1, 0.15) is 11.6 Å². The summed E-state index contributed by atoms with van der Waals surface area (Å²) >= 11 is 0. The van der Waals surface area contributed by atoms with Gasteiger partial charge in [-0.3, -0.25) is 4.98 Å². The third-order valence-corrected chi connectivity index (χ3v) is 2.27. The molecule has 0 aliphatic heterocycles. The summed E-state index contributed by atoms with van der Waals surface area (Å²) in [5.41, 5.74) is -1.50. The summed E-state index contributed by atoms with van der Waals surface area (Å²) in [6.45, 7) is 0.